The molecule has 80 valence electrons. The number of nitrogens with two attached hydrogens (primary N) is 1. The molecule has 0 aliphatic rings. The highest BCUT2D eigenvalue weighted by atomic mass is 19.4. The third-order valence-electron chi connectivity index (χ3n) is 1.54. The Morgan fingerprint density at radius 2 is 2.00 bits per heavy atom. The van der Waals surface area contributed by atoms with Gasteiger partial charge in [-0.1, -0.05) is 0 Å². The van der Waals surface area contributed by atoms with Gasteiger partial charge in [0.25, 0.3) is 0 Å². The van der Waals surface area contributed by atoms with E-state index >= 15 is 0 Å². The minimum atomic E-state index is -4.29. The third-order valence-corrected chi connectivity index (χ3v) is 1.54. The van der Waals surface area contributed by atoms with Crippen LogP contribution in [0.3, 0.4) is 0 Å². The van der Waals surface area contributed by atoms with Gasteiger partial charge in [0.05, 0.1) is 6.61 Å². The zero-order valence-corrected chi connectivity index (χ0v) is 7.53. The van der Waals surface area contributed by atoms with E-state index in [-0.39, 0.29) is 13.0 Å². The van der Waals surface area contributed by atoms with Crippen LogP contribution in [0.25, 0.3) is 0 Å². The van der Waals surface area contributed by atoms with Crippen molar-refractivity contribution in [3.8, 4) is 0 Å². The fraction of sp³-hybridized carbons (Fsp3) is 1.00. The fourth-order valence-corrected chi connectivity index (χ4v) is 0.720. The fourth-order valence-electron chi connectivity index (χ4n) is 0.720. The average molecular weight is 200 g/mol. The van der Waals surface area contributed by atoms with Gasteiger partial charge < -0.3 is 15.8 Å². The van der Waals surface area contributed by atoms with E-state index in [1.165, 1.54) is 7.11 Å². The van der Waals surface area contributed by atoms with Crippen LogP contribution in [0, 0.1) is 0 Å². The van der Waals surface area contributed by atoms with Gasteiger partial charge in [-0.15, -0.1) is 0 Å². The van der Waals surface area contributed by atoms with Crippen molar-refractivity contribution in [2.75, 3.05) is 26.8 Å². The van der Waals surface area contributed by atoms with E-state index in [4.69, 9.17) is 10.5 Å². The Labute approximate surface area is 75.4 Å². The molecule has 3 nitrogen and oxygen atoms in total. The molecule has 13 heavy (non-hydrogen) atoms. The van der Waals surface area contributed by atoms with Gasteiger partial charge in [0.15, 0.2) is 0 Å². The molecule has 0 rings (SSSR count). The number of rotatable bonds is 6. The Bertz CT molecular complexity index is 129. The number of alkyl halides is 3. The van der Waals surface area contributed by atoms with Crippen LogP contribution in [0.2, 0.25) is 0 Å². The lowest BCUT2D eigenvalue weighted by atomic mass is 10.2. The van der Waals surface area contributed by atoms with E-state index in [1.807, 2.05) is 0 Å². The second kappa shape index (κ2) is 6.17. The van der Waals surface area contributed by atoms with E-state index in [0.717, 1.165) is 0 Å². The summed E-state index contributed by atoms with van der Waals surface area (Å²) in [6, 6.07) is -1.73. The Morgan fingerprint density at radius 1 is 1.38 bits per heavy atom. The molecule has 0 amide bonds. The molecule has 0 aromatic heterocycles. The Kier molecular flexibility index (Phi) is 6.02. The summed E-state index contributed by atoms with van der Waals surface area (Å²) >= 11 is 0. The minimum absolute atomic E-state index is 0.104. The molecule has 0 aliphatic carbocycles. The average Bonchev–Trinajstić information content (AvgIpc) is 2.02. The standard InChI is InChI=1S/C7H15F3N2O/c1-13-5-4-12-3-2-6(11)7(8,9)10/h6,12H,2-5,11H2,1H3. The van der Waals surface area contributed by atoms with Gasteiger partial charge in [-0.3, -0.25) is 0 Å². The molecular formula is C7H15F3N2O. The maximum Gasteiger partial charge on any atom is 0.403 e. The van der Waals surface area contributed by atoms with E-state index in [1.54, 1.807) is 0 Å². The van der Waals surface area contributed by atoms with Crippen LogP contribution in [0.15, 0.2) is 0 Å². The summed E-state index contributed by atoms with van der Waals surface area (Å²) in [4.78, 5) is 0. The number of halogens is 3. The van der Waals surface area contributed by atoms with Crippen molar-refractivity contribution < 1.29 is 17.9 Å². The molecule has 0 heterocycles. The normalized spacial score (nSPS) is 14.5. The quantitative estimate of drug-likeness (QED) is 0.614. The Balaban J connectivity index is 3.32. The lowest BCUT2D eigenvalue weighted by Gasteiger charge is -2.15. The predicted octanol–water partition coefficient (Wildman–Crippen LogP) is 0.502. The van der Waals surface area contributed by atoms with Gasteiger partial charge in [0.1, 0.15) is 6.04 Å². The van der Waals surface area contributed by atoms with Crippen LogP contribution >= 0.6 is 0 Å². The van der Waals surface area contributed by atoms with Gasteiger partial charge in [-0.25, -0.2) is 0 Å². The molecule has 1 unspecified atom stereocenters. The van der Waals surface area contributed by atoms with E-state index in [2.05, 4.69) is 5.32 Å². The van der Waals surface area contributed by atoms with Crippen LogP contribution in [-0.4, -0.2) is 39.0 Å². The van der Waals surface area contributed by atoms with Crippen molar-refractivity contribution in [2.24, 2.45) is 5.73 Å². The Morgan fingerprint density at radius 3 is 2.46 bits per heavy atom. The molecule has 0 aliphatic heterocycles. The minimum Gasteiger partial charge on any atom is -0.383 e. The summed E-state index contributed by atoms with van der Waals surface area (Å²) in [5, 5.41) is 2.78. The van der Waals surface area contributed by atoms with Gasteiger partial charge in [0, 0.05) is 13.7 Å². The highest BCUT2D eigenvalue weighted by Crippen LogP contribution is 2.19. The smallest absolute Gasteiger partial charge is 0.383 e. The largest absolute Gasteiger partial charge is 0.403 e. The number of methoxy groups -OCH3 is 1. The monoisotopic (exact) mass is 200 g/mol. The first kappa shape index (κ1) is 12.7. The highest BCUT2D eigenvalue weighted by molar-refractivity contribution is 4.71. The van der Waals surface area contributed by atoms with E-state index < -0.39 is 12.2 Å². The molecule has 0 fully saturated rings. The number of nitrogens with one attached hydrogen (secondary N) is 1. The summed E-state index contributed by atoms with van der Waals surface area (Å²) in [5.41, 5.74) is 4.87. The first-order valence-corrected chi connectivity index (χ1v) is 4.00. The van der Waals surface area contributed by atoms with Crippen LogP contribution in [0.1, 0.15) is 6.42 Å². The number of ether oxygens (including phenoxy) is 1. The van der Waals surface area contributed by atoms with Crippen LogP contribution in [-0.2, 0) is 4.74 Å². The molecule has 0 radical (unpaired) electrons. The molecule has 3 N–H and O–H groups in total. The second-order valence-corrected chi connectivity index (χ2v) is 2.68. The Hall–Kier alpha value is -0.330. The van der Waals surface area contributed by atoms with Crippen molar-refractivity contribution in [3.05, 3.63) is 0 Å². The second-order valence-electron chi connectivity index (χ2n) is 2.68. The molecule has 1 atom stereocenters. The van der Waals surface area contributed by atoms with Crippen LogP contribution in [0.5, 0.6) is 0 Å². The molecule has 0 saturated heterocycles. The maximum absolute atomic E-state index is 11.8. The molecule has 0 saturated carbocycles. The van der Waals surface area contributed by atoms with Gasteiger partial charge in [-0.2, -0.15) is 13.2 Å². The first-order valence-electron chi connectivity index (χ1n) is 4.00. The lowest BCUT2D eigenvalue weighted by Crippen LogP contribution is -2.39. The summed E-state index contributed by atoms with van der Waals surface area (Å²) < 4.78 is 40.2. The summed E-state index contributed by atoms with van der Waals surface area (Å²) in [5.74, 6) is 0. The van der Waals surface area contributed by atoms with E-state index in [9.17, 15) is 13.2 Å². The molecule has 0 aromatic carbocycles. The maximum atomic E-state index is 11.8. The lowest BCUT2D eigenvalue weighted by molar-refractivity contribution is -0.148. The zero-order valence-electron chi connectivity index (χ0n) is 7.53. The van der Waals surface area contributed by atoms with Gasteiger partial charge in [0.2, 0.25) is 0 Å². The van der Waals surface area contributed by atoms with E-state index in [0.29, 0.717) is 13.2 Å². The van der Waals surface area contributed by atoms with Crippen LogP contribution in [0.4, 0.5) is 13.2 Å². The van der Waals surface area contributed by atoms with Crippen molar-refractivity contribution in [2.45, 2.75) is 18.6 Å². The number of hydrogen-bond donors (Lipinski definition) is 2. The third kappa shape index (κ3) is 6.80. The predicted molar refractivity (Wildman–Crippen MR) is 43.4 cm³/mol. The van der Waals surface area contributed by atoms with Gasteiger partial charge in [-0.05, 0) is 13.0 Å². The van der Waals surface area contributed by atoms with Crippen molar-refractivity contribution in [3.63, 3.8) is 0 Å². The number of hydrogen-bond acceptors (Lipinski definition) is 3. The zero-order chi connectivity index (χ0) is 10.3. The van der Waals surface area contributed by atoms with Crippen molar-refractivity contribution in [1.29, 1.82) is 0 Å². The topological polar surface area (TPSA) is 47.3 Å². The molecule has 0 bridgehead atoms. The summed E-state index contributed by atoms with van der Waals surface area (Å²) in [7, 11) is 1.53. The van der Waals surface area contributed by atoms with Crippen molar-refractivity contribution in [1.82, 2.24) is 5.32 Å². The van der Waals surface area contributed by atoms with Gasteiger partial charge >= 0.3 is 6.18 Å². The summed E-state index contributed by atoms with van der Waals surface area (Å²) in [6.07, 6.45) is -4.39. The van der Waals surface area contributed by atoms with Crippen molar-refractivity contribution >= 4 is 0 Å². The highest BCUT2D eigenvalue weighted by Gasteiger charge is 2.35. The first-order chi connectivity index (χ1) is 5.98. The van der Waals surface area contributed by atoms with Crippen LogP contribution < -0.4 is 11.1 Å². The molecule has 0 aromatic rings. The molecule has 0 spiro atoms. The SMILES string of the molecule is COCCNCCC(N)C(F)(F)F. The summed E-state index contributed by atoms with van der Waals surface area (Å²) in [6.45, 7) is 1.28. The molecule has 6 heteroatoms. The molecular weight excluding hydrogens is 185 g/mol.